The zero-order valence-electron chi connectivity index (χ0n) is 23.2. The van der Waals surface area contributed by atoms with Crippen molar-refractivity contribution in [2.24, 2.45) is 11.8 Å². The first-order valence-corrected chi connectivity index (χ1v) is 15.4. The van der Waals surface area contributed by atoms with E-state index in [-0.39, 0.29) is 29.6 Å². The molecule has 3 amide bonds. The summed E-state index contributed by atoms with van der Waals surface area (Å²) in [6.45, 7) is 4.75. The number of hydrogen-bond acceptors (Lipinski definition) is 5. The number of aliphatic hydroxyl groups excluding tert-OH is 1. The van der Waals surface area contributed by atoms with Gasteiger partial charge >= 0.3 is 0 Å². The van der Waals surface area contributed by atoms with E-state index in [1.54, 1.807) is 27.6 Å². The smallest absolute Gasteiger partial charge is 0.251 e. The van der Waals surface area contributed by atoms with Gasteiger partial charge in [0.2, 0.25) is 11.8 Å². The van der Waals surface area contributed by atoms with E-state index in [4.69, 9.17) is 11.6 Å². The molecular formula is C32H34ClN3O4S. The van der Waals surface area contributed by atoms with Gasteiger partial charge < -0.3 is 19.8 Å². The predicted octanol–water partition coefficient (Wildman–Crippen LogP) is 4.22. The van der Waals surface area contributed by atoms with E-state index in [2.05, 4.69) is 0 Å². The molecule has 0 aromatic heterocycles. The molecule has 0 bridgehead atoms. The van der Waals surface area contributed by atoms with E-state index in [0.29, 0.717) is 36.8 Å². The Bertz CT molecular complexity index is 1410. The Morgan fingerprint density at radius 2 is 1.80 bits per heavy atom. The molecule has 2 aromatic rings. The number of nitrogens with zero attached hydrogens (tertiary/aromatic N) is 3. The number of likely N-dealkylation sites (tertiary alicyclic amines) is 1. The molecule has 4 aliphatic heterocycles. The number of carbonyl (C=O) groups is 3. The third-order valence-corrected chi connectivity index (χ3v) is 11.0. The Morgan fingerprint density at radius 1 is 1.02 bits per heavy atom. The highest BCUT2D eigenvalue weighted by atomic mass is 35.5. The molecule has 7 nitrogen and oxygen atoms in total. The standard InChI is InChI=1S/C32H34ClN3O4S/c1-3-22(19-37)36-28-31(40)35(27-20(2)10-7-13-23(27)33)17-9-15-32(28)26(30(36)39)25-24(41-32)14-8-16-34(29(25)38)18-21-11-5-4-6-12-21/h4-15,22,24-26,28,37H,3,16-19H2,1-2H3/t22-,24-,25+,26-,28?,32-/m0/s1. The van der Waals surface area contributed by atoms with Gasteiger partial charge in [-0.05, 0) is 30.5 Å². The van der Waals surface area contributed by atoms with Gasteiger partial charge in [-0.1, -0.05) is 85.3 Å². The van der Waals surface area contributed by atoms with Crippen LogP contribution in [0.15, 0.2) is 72.8 Å². The fraction of sp³-hybridized carbons (Fsp3) is 0.406. The molecule has 41 heavy (non-hydrogen) atoms. The second-order valence-electron chi connectivity index (χ2n) is 11.2. The van der Waals surface area contributed by atoms with Crippen LogP contribution in [-0.2, 0) is 20.9 Å². The van der Waals surface area contributed by atoms with Gasteiger partial charge in [0.25, 0.3) is 5.91 Å². The number of para-hydroxylation sites is 1. The minimum absolute atomic E-state index is 0.0758. The third kappa shape index (κ3) is 4.42. The third-order valence-electron chi connectivity index (χ3n) is 8.93. The summed E-state index contributed by atoms with van der Waals surface area (Å²) in [5.74, 6) is -1.91. The summed E-state index contributed by atoms with van der Waals surface area (Å²) in [5, 5.41) is 10.6. The molecule has 0 aliphatic carbocycles. The van der Waals surface area contributed by atoms with Crippen LogP contribution in [0.1, 0.15) is 24.5 Å². The van der Waals surface area contributed by atoms with Gasteiger partial charge in [0.05, 0.1) is 39.9 Å². The van der Waals surface area contributed by atoms with Crippen molar-refractivity contribution >= 4 is 46.8 Å². The fourth-order valence-electron chi connectivity index (χ4n) is 7.05. The van der Waals surface area contributed by atoms with Crippen LogP contribution in [0.4, 0.5) is 5.69 Å². The summed E-state index contributed by atoms with van der Waals surface area (Å²) in [7, 11) is 0. The number of hydrogen-bond donors (Lipinski definition) is 1. The van der Waals surface area contributed by atoms with Crippen molar-refractivity contribution in [2.45, 2.75) is 48.9 Å². The first-order chi connectivity index (χ1) is 19.8. The highest BCUT2D eigenvalue weighted by Crippen LogP contribution is 2.61. The van der Waals surface area contributed by atoms with E-state index in [9.17, 15) is 19.5 Å². The molecular weight excluding hydrogens is 558 g/mol. The molecule has 6 atom stereocenters. The summed E-state index contributed by atoms with van der Waals surface area (Å²) in [6.07, 6.45) is 8.48. The summed E-state index contributed by atoms with van der Waals surface area (Å²) >= 11 is 8.18. The van der Waals surface area contributed by atoms with Crippen LogP contribution < -0.4 is 4.90 Å². The van der Waals surface area contributed by atoms with Crippen molar-refractivity contribution in [2.75, 3.05) is 24.6 Å². The van der Waals surface area contributed by atoms with Gasteiger partial charge in [-0.15, -0.1) is 11.8 Å². The van der Waals surface area contributed by atoms with Crippen LogP contribution in [0, 0.1) is 18.8 Å². The van der Waals surface area contributed by atoms with E-state index in [0.717, 1.165) is 11.1 Å². The molecule has 4 aliphatic rings. The quantitative estimate of drug-likeness (QED) is 0.509. The van der Waals surface area contributed by atoms with Crippen molar-refractivity contribution in [3.05, 3.63) is 89.0 Å². The van der Waals surface area contributed by atoms with Gasteiger partial charge in [0.15, 0.2) is 0 Å². The summed E-state index contributed by atoms with van der Waals surface area (Å²) < 4.78 is -0.953. The topological polar surface area (TPSA) is 81.2 Å². The zero-order chi connectivity index (χ0) is 28.9. The van der Waals surface area contributed by atoms with E-state index < -0.39 is 28.7 Å². The number of amides is 3. The first-order valence-electron chi connectivity index (χ1n) is 14.2. The molecule has 2 saturated heterocycles. The SMILES string of the molecule is CC[C@@H](CO)N1C(=O)[C@@H]2[C@@H]3C(=O)N(Cc4ccccc4)CC=C[C@@H]3S[C@@]23C=CCN(c2c(C)cccc2Cl)C(=O)C13. The number of thioether (sulfide) groups is 1. The average Bonchev–Trinajstić information content (AvgIpc) is 3.29. The molecule has 2 aromatic carbocycles. The number of aliphatic hydroxyl groups is 1. The van der Waals surface area contributed by atoms with Gasteiger partial charge in [0, 0.05) is 24.9 Å². The number of halogens is 1. The molecule has 2 fully saturated rings. The van der Waals surface area contributed by atoms with Crippen LogP contribution in [-0.4, -0.2) is 74.4 Å². The Morgan fingerprint density at radius 3 is 2.51 bits per heavy atom. The van der Waals surface area contributed by atoms with Crippen LogP contribution in [0.25, 0.3) is 0 Å². The largest absolute Gasteiger partial charge is 0.394 e. The Balaban J connectivity index is 1.44. The van der Waals surface area contributed by atoms with Gasteiger partial charge in [-0.2, -0.15) is 0 Å². The number of carbonyl (C=O) groups excluding carboxylic acids is 3. The Kier molecular flexibility index (Phi) is 7.51. The molecule has 1 N–H and O–H groups in total. The van der Waals surface area contributed by atoms with Gasteiger partial charge in [-0.25, -0.2) is 0 Å². The highest BCUT2D eigenvalue weighted by molar-refractivity contribution is 8.02. The lowest BCUT2D eigenvalue weighted by atomic mass is 9.78. The van der Waals surface area contributed by atoms with Crippen LogP contribution in [0.2, 0.25) is 5.02 Å². The van der Waals surface area contributed by atoms with E-state index in [1.807, 2.05) is 85.5 Å². The lowest BCUT2D eigenvalue weighted by molar-refractivity contribution is -0.145. The minimum atomic E-state index is -0.953. The molecule has 1 spiro atoms. The summed E-state index contributed by atoms with van der Waals surface area (Å²) in [6, 6.07) is 13.9. The highest BCUT2D eigenvalue weighted by Gasteiger charge is 2.71. The summed E-state index contributed by atoms with van der Waals surface area (Å²) in [5.41, 5.74) is 2.50. The monoisotopic (exact) mass is 591 g/mol. The maximum Gasteiger partial charge on any atom is 0.251 e. The molecule has 0 saturated carbocycles. The van der Waals surface area contributed by atoms with E-state index >= 15 is 0 Å². The molecule has 9 heteroatoms. The molecule has 214 valence electrons. The number of fused-ring (bicyclic) bond motifs is 2. The first kappa shape index (κ1) is 28.1. The van der Waals surface area contributed by atoms with Gasteiger partial charge in [0.1, 0.15) is 6.04 Å². The van der Waals surface area contributed by atoms with Crippen LogP contribution in [0.3, 0.4) is 0 Å². The predicted molar refractivity (Wildman–Crippen MR) is 162 cm³/mol. The van der Waals surface area contributed by atoms with Crippen molar-refractivity contribution in [1.29, 1.82) is 0 Å². The lowest BCUT2D eigenvalue weighted by Gasteiger charge is -2.38. The van der Waals surface area contributed by atoms with Crippen molar-refractivity contribution in [3.63, 3.8) is 0 Å². The normalized spacial score (nSPS) is 29.8. The molecule has 6 rings (SSSR count). The van der Waals surface area contributed by atoms with Crippen molar-refractivity contribution in [3.8, 4) is 0 Å². The number of rotatable bonds is 6. The van der Waals surface area contributed by atoms with E-state index in [1.165, 1.54) is 0 Å². The van der Waals surface area contributed by atoms with Crippen LogP contribution in [0.5, 0.6) is 0 Å². The second-order valence-corrected chi connectivity index (χ2v) is 13.1. The Labute approximate surface area is 249 Å². The molecule has 0 radical (unpaired) electrons. The van der Waals surface area contributed by atoms with Crippen LogP contribution >= 0.6 is 23.4 Å². The summed E-state index contributed by atoms with van der Waals surface area (Å²) in [4.78, 5) is 48.5. The minimum Gasteiger partial charge on any atom is -0.394 e. The molecule has 1 unspecified atom stereocenters. The average molecular weight is 592 g/mol. The second kappa shape index (κ2) is 11.0. The van der Waals surface area contributed by atoms with Crippen molar-refractivity contribution in [1.82, 2.24) is 9.80 Å². The zero-order valence-corrected chi connectivity index (χ0v) is 24.7. The number of benzene rings is 2. The van der Waals surface area contributed by atoms with Crippen molar-refractivity contribution < 1.29 is 19.5 Å². The lowest BCUT2D eigenvalue weighted by Crippen LogP contribution is -2.56. The maximum absolute atomic E-state index is 14.6. The number of anilines is 1. The number of aryl methyl sites for hydroxylation is 1. The molecule has 4 heterocycles. The Hall–Kier alpha value is -3.07. The maximum atomic E-state index is 14.6. The fourth-order valence-corrected chi connectivity index (χ4v) is 9.36. The van der Waals surface area contributed by atoms with Gasteiger partial charge in [-0.3, -0.25) is 14.4 Å².